The zero-order valence-corrected chi connectivity index (χ0v) is 16.6. The predicted molar refractivity (Wildman–Crippen MR) is 114 cm³/mol. The molecule has 0 saturated carbocycles. The molecule has 0 radical (unpaired) electrons. The maximum absolute atomic E-state index is 10.2. The first-order chi connectivity index (χ1) is 12.6. The number of para-hydroxylation sites is 1. The molecule has 0 saturated heterocycles. The highest BCUT2D eigenvalue weighted by Crippen LogP contribution is 2.38. The van der Waals surface area contributed by atoms with E-state index in [1.165, 1.54) is 0 Å². The first-order valence-corrected chi connectivity index (χ1v) is 9.69. The van der Waals surface area contributed by atoms with Gasteiger partial charge in [-0.3, -0.25) is 0 Å². The summed E-state index contributed by atoms with van der Waals surface area (Å²) in [5, 5.41) is 14.7. The molecule has 1 heterocycles. The molecule has 0 amide bonds. The van der Waals surface area contributed by atoms with Gasteiger partial charge in [0.2, 0.25) is 0 Å². The summed E-state index contributed by atoms with van der Waals surface area (Å²) >= 11 is 7.15. The molecule has 0 atom stereocenters. The van der Waals surface area contributed by atoms with Crippen molar-refractivity contribution in [1.29, 1.82) is 0 Å². The number of nitrogens with one attached hydrogen (secondary N) is 1. The molecule has 26 heavy (non-hydrogen) atoms. The normalized spacial score (nSPS) is 11.6. The average molecular weight is 468 g/mol. The van der Waals surface area contributed by atoms with E-state index in [2.05, 4.69) is 67.2 Å². The van der Waals surface area contributed by atoms with E-state index >= 15 is 0 Å². The predicted octanol–water partition coefficient (Wildman–Crippen LogP) is 6.77. The lowest BCUT2D eigenvalue weighted by molar-refractivity contribution is 0.477. The van der Waals surface area contributed by atoms with Crippen LogP contribution in [0, 0.1) is 0 Å². The van der Waals surface area contributed by atoms with Gasteiger partial charge in [-0.2, -0.15) is 0 Å². The molecule has 2 N–H and O–H groups in total. The Morgan fingerprint density at radius 1 is 0.769 bits per heavy atom. The zero-order valence-electron chi connectivity index (χ0n) is 13.4. The van der Waals surface area contributed by atoms with E-state index in [9.17, 15) is 5.11 Å². The second-order valence-electron chi connectivity index (χ2n) is 6.21. The molecule has 0 aliphatic rings. The molecule has 0 unspecified atom stereocenters. The molecule has 0 aliphatic heterocycles. The number of aromatic nitrogens is 2. The quantitative estimate of drug-likeness (QED) is 0.267. The number of rotatable bonds is 1. The Balaban J connectivity index is 1.99. The Kier molecular flexibility index (Phi) is 3.55. The van der Waals surface area contributed by atoms with Gasteiger partial charge in [-0.1, -0.05) is 56.1 Å². The van der Waals surface area contributed by atoms with Crippen LogP contribution in [0.5, 0.6) is 5.75 Å². The minimum Gasteiger partial charge on any atom is -0.507 e. The number of hydrogen-bond acceptors (Lipinski definition) is 2. The van der Waals surface area contributed by atoms with Crippen LogP contribution in [-0.2, 0) is 0 Å². The van der Waals surface area contributed by atoms with Crippen molar-refractivity contribution in [3.05, 3.63) is 69.6 Å². The maximum atomic E-state index is 10.2. The van der Waals surface area contributed by atoms with E-state index in [0.29, 0.717) is 11.4 Å². The Hall–Kier alpha value is -2.37. The summed E-state index contributed by atoms with van der Waals surface area (Å²) in [4.78, 5) is 8.27. The van der Waals surface area contributed by atoms with Gasteiger partial charge in [-0.15, -0.1) is 0 Å². The van der Waals surface area contributed by atoms with Crippen molar-refractivity contribution in [2.24, 2.45) is 0 Å². The van der Waals surface area contributed by atoms with E-state index in [1.807, 2.05) is 18.2 Å². The SMILES string of the molecule is Oc1ccccc1-c1nc2c3cc(Br)ccc3c3ccc(Br)cc3c2[nH]1. The second kappa shape index (κ2) is 5.83. The summed E-state index contributed by atoms with van der Waals surface area (Å²) in [5.74, 6) is 0.870. The number of hydrogen-bond donors (Lipinski definition) is 2. The molecule has 5 rings (SSSR count). The number of phenols is 1. The van der Waals surface area contributed by atoms with Crippen LogP contribution in [0.15, 0.2) is 69.6 Å². The van der Waals surface area contributed by atoms with E-state index in [0.717, 1.165) is 41.5 Å². The van der Waals surface area contributed by atoms with Crippen LogP contribution in [0.4, 0.5) is 0 Å². The van der Waals surface area contributed by atoms with Gasteiger partial charge in [0, 0.05) is 19.7 Å². The number of halogens is 2. The van der Waals surface area contributed by atoms with E-state index < -0.39 is 0 Å². The van der Waals surface area contributed by atoms with Crippen LogP contribution in [0.3, 0.4) is 0 Å². The van der Waals surface area contributed by atoms with Crippen LogP contribution in [0.1, 0.15) is 0 Å². The van der Waals surface area contributed by atoms with Crippen molar-refractivity contribution in [3.8, 4) is 17.1 Å². The lowest BCUT2D eigenvalue weighted by Gasteiger charge is -2.07. The minimum atomic E-state index is 0.211. The Morgan fingerprint density at radius 2 is 1.42 bits per heavy atom. The molecule has 5 aromatic rings. The summed E-state index contributed by atoms with van der Waals surface area (Å²) < 4.78 is 2.02. The molecular weight excluding hydrogens is 456 g/mol. The number of H-pyrrole nitrogens is 1. The number of fused-ring (bicyclic) bond motifs is 6. The van der Waals surface area contributed by atoms with Crippen molar-refractivity contribution in [2.45, 2.75) is 0 Å². The topological polar surface area (TPSA) is 48.9 Å². The number of benzene rings is 4. The number of nitrogens with zero attached hydrogens (tertiary/aromatic N) is 1. The first-order valence-electron chi connectivity index (χ1n) is 8.10. The molecule has 3 nitrogen and oxygen atoms in total. The smallest absolute Gasteiger partial charge is 0.142 e. The summed E-state index contributed by atoms with van der Waals surface area (Å²) in [5.41, 5.74) is 2.55. The maximum Gasteiger partial charge on any atom is 0.142 e. The fraction of sp³-hybridized carbons (Fsp3) is 0. The van der Waals surface area contributed by atoms with Crippen molar-refractivity contribution in [2.75, 3.05) is 0 Å². The van der Waals surface area contributed by atoms with Gasteiger partial charge in [0.1, 0.15) is 11.6 Å². The number of imidazole rings is 1. The van der Waals surface area contributed by atoms with Crippen LogP contribution in [0.2, 0.25) is 0 Å². The lowest BCUT2D eigenvalue weighted by Crippen LogP contribution is -1.82. The molecule has 4 aromatic carbocycles. The fourth-order valence-electron chi connectivity index (χ4n) is 3.47. The summed E-state index contributed by atoms with van der Waals surface area (Å²) in [6.07, 6.45) is 0. The molecule has 0 spiro atoms. The highest BCUT2D eigenvalue weighted by molar-refractivity contribution is 9.10. The summed E-state index contributed by atoms with van der Waals surface area (Å²) in [7, 11) is 0. The number of phenolic OH excluding ortho intramolecular Hbond substituents is 1. The monoisotopic (exact) mass is 466 g/mol. The number of aromatic amines is 1. The van der Waals surface area contributed by atoms with E-state index in [4.69, 9.17) is 4.98 Å². The van der Waals surface area contributed by atoms with Gasteiger partial charge in [0.15, 0.2) is 0 Å². The molecule has 5 heteroatoms. The number of aromatic hydroxyl groups is 1. The third-order valence-corrected chi connectivity index (χ3v) is 5.63. The first kappa shape index (κ1) is 15.9. The van der Waals surface area contributed by atoms with Gasteiger partial charge in [-0.25, -0.2) is 4.98 Å². The van der Waals surface area contributed by atoms with Crippen LogP contribution < -0.4 is 0 Å². The van der Waals surface area contributed by atoms with Gasteiger partial charge < -0.3 is 10.1 Å². The highest BCUT2D eigenvalue weighted by atomic mass is 79.9. The minimum absolute atomic E-state index is 0.211. The molecule has 0 fully saturated rings. The summed E-state index contributed by atoms with van der Waals surface area (Å²) in [6.45, 7) is 0. The summed E-state index contributed by atoms with van der Waals surface area (Å²) in [6, 6.07) is 19.8. The zero-order chi connectivity index (χ0) is 17.8. The highest BCUT2D eigenvalue weighted by Gasteiger charge is 2.15. The van der Waals surface area contributed by atoms with Crippen LogP contribution >= 0.6 is 31.9 Å². The van der Waals surface area contributed by atoms with Gasteiger partial charge in [0.05, 0.1) is 16.6 Å². The molecule has 126 valence electrons. The van der Waals surface area contributed by atoms with Gasteiger partial charge >= 0.3 is 0 Å². The molecule has 1 aromatic heterocycles. The largest absolute Gasteiger partial charge is 0.507 e. The van der Waals surface area contributed by atoms with Crippen molar-refractivity contribution in [3.63, 3.8) is 0 Å². The van der Waals surface area contributed by atoms with E-state index in [1.54, 1.807) is 12.1 Å². The fourth-order valence-corrected chi connectivity index (χ4v) is 4.19. The van der Waals surface area contributed by atoms with Gasteiger partial charge in [0.25, 0.3) is 0 Å². The van der Waals surface area contributed by atoms with Crippen molar-refractivity contribution >= 4 is 64.4 Å². The standard InChI is InChI=1S/C21H12Br2N2O/c22-11-5-7-13-14-8-6-12(23)10-17(14)20-19(16(13)9-11)24-21(25-20)15-3-1-2-4-18(15)26/h1-10,26H,(H,24,25). The molecular formula is C21H12Br2N2O. The van der Waals surface area contributed by atoms with Crippen molar-refractivity contribution in [1.82, 2.24) is 9.97 Å². The third kappa shape index (κ3) is 2.35. The second-order valence-corrected chi connectivity index (χ2v) is 8.04. The third-order valence-electron chi connectivity index (χ3n) is 4.64. The Morgan fingerprint density at radius 3 is 2.15 bits per heavy atom. The Labute approximate surface area is 165 Å². The van der Waals surface area contributed by atoms with Crippen LogP contribution in [0.25, 0.3) is 44.0 Å². The molecule has 0 aliphatic carbocycles. The lowest BCUT2D eigenvalue weighted by atomic mass is 10.0. The Bertz CT molecular complexity index is 1250. The van der Waals surface area contributed by atoms with Crippen molar-refractivity contribution < 1.29 is 5.11 Å². The van der Waals surface area contributed by atoms with E-state index in [-0.39, 0.29) is 5.75 Å². The molecule has 0 bridgehead atoms. The van der Waals surface area contributed by atoms with Gasteiger partial charge in [-0.05, 0) is 47.2 Å². The van der Waals surface area contributed by atoms with Crippen LogP contribution in [-0.4, -0.2) is 15.1 Å². The average Bonchev–Trinajstić information content (AvgIpc) is 3.08.